The van der Waals surface area contributed by atoms with Gasteiger partial charge >= 0.3 is 5.69 Å². The van der Waals surface area contributed by atoms with Gasteiger partial charge in [0.25, 0.3) is 0 Å². The standard InChI is InChI=1S/C16H12N4OS/c1-10-6-8-11(9-7-10)22-15-14-18-19-16(21)20(14)13-5-3-2-4-12(13)17-15/h2-9H,1H3,(H,19,21). The monoisotopic (exact) mass is 308 g/mol. The van der Waals surface area contributed by atoms with Crippen LogP contribution in [0.2, 0.25) is 0 Å². The van der Waals surface area contributed by atoms with E-state index in [2.05, 4.69) is 27.3 Å². The molecule has 0 aliphatic heterocycles. The molecule has 2 heterocycles. The third-order valence-electron chi connectivity index (χ3n) is 3.44. The van der Waals surface area contributed by atoms with Gasteiger partial charge in [-0.05, 0) is 31.2 Å². The third kappa shape index (κ3) is 2.08. The summed E-state index contributed by atoms with van der Waals surface area (Å²) in [4.78, 5) is 17.8. The number of nitrogens with one attached hydrogen (secondary N) is 1. The highest BCUT2D eigenvalue weighted by molar-refractivity contribution is 7.99. The van der Waals surface area contributed by atoms with E-state index in [1.54, 1.807) is 4.40 Å². The van der Waals surface area contributed by atoms with E-state index in [0.29, 0.717) is 10.7 Å². The summed E-state index contributed by atoms with van der Waals surface area (Å²) in [5, 5.41) is 7.34. The van der Waals surface area contributed by atoms with Crippen molar-refractivity contribution in [1.82, 2.24) is 19.6 Å². The van der Waals surface area contributed by atoms with Gasteiger partial charge in [-0.25, -0.2) is 19.3 Å². The average molecular weight is 308 g/mol. The van der Waals surface area contributed by atoms with Crippen molar-refractivity contribution in [2.75, 3.05) is 0 Å². The molecule has 0 amide bonds. The van der Waals surface area contributed by atoms with Crippen LogP contribution in [0, 0.1) is 6.92 Å². The Morgan fingerprint density at radius 3 is 2.68 bits per heavy atom. The van der Waals surface area contributed by atoms with Gasteiger partial charge < -0.3 is 0 Å². The molecule has 4 rings (SSSR count). The molecule has 0 unspecified atom stereocenters. The fourth-order valence-electron chi connectivity index (χ4n) is 2.36. The summed E-state index contributed by atoms with van der Waals surface area (Å²) >= 11 is 1.50. The lowest BCUT2D eigenvalue weighted by Crippen LogP contribution is -2.10. The first-order chi connectivity index (χ1) is 10.7. The van der Waals surface area contributed by atoms with Crippen LogP contribution >= 0.6 is 11.8 Å². The smallest absolute Gasteiger partial charge is 0.246 e. The molecule has 6 heteroatoms. The molecule has 22 heavy (non-hydrogen) atoms. The second-order valence-corrected chi connectivity index (χ2v) is 6.07. The van der Waals surface area contributed by atoms with Crippen molar-refractivity contribution in [3.8, 4) is 0 Å². The number of H-pyrrole nitrogens is 1. The molecule has 0 radical (unpaired) electrons. The van der Waals surface area contributed by atoms with Crippen molar-refractivity contribution in [3.05, 3.63) is 64.6 Å². The van der Waals surface area contributed by atoms with Crippen LogP contribution in [0.1, 0.15) is 5.56 Å². The summed E-state index contributed by atoms with van der Waals surface area (Å²) in [6.07, 6.45) is 0. The molecule has 2 aromatic carbocycles. The summed E-state index contributed by atoms with van der Waals surface area (Å²) in [6.45, 7) is 2.05. The fourth-order valence-corrected chi connectivity index (χ4v) is 3.23. The molecule has 5 nitrogen and oxygen atoms in total. The van der Waals surface area contributed by atoms with Crippen LogP contribution in [0.3, 0.4) is 0 Å². The predicted molar refractivity (Wildman–Crippen MR) is 86.4 cm³/mol. The molecule has 0 spiro atoms. The number of nitrogens with zero attached hydrogens (tertiary/aromatic N) is 3. The van der Waals surface area contributed by atoms with Gasteiger partial charge in [0.1, 0.15) is 5.03 Å². The van der Waals surface area contributed by atoms with E-state index in [0.717, 1.165) is 15.9 Å². The Morgan fingerprint density at radius 2 is 1.86 bits per heavy atom. The van der Waals surface area contributed by atoms with Crippen molar-refractivity contribution in [1.29, 1.82) is 0 Å². The molecular weight excluding hydrogens is 296 g/mol. The second-order valence-electron chi connectivity index (χ2n) is 5.01. The first-order valence-corrected chi connectivity index (χ1v) is 7.64. The second kappa shape index (κ2) is 4.99. The van der Waals surface area contributed by atoms with Gasteiger partial charge in [0.2, 0.25) is 0 Å². The number of fused-ring (bicyclic) bond motifs is 3. The van der Waals surface area contributed by atoms with Crippen molar-refractivity contribution >= 4 is 28.4 Å². The van der Waals surface area contributed by atoms with E-state index in [4.69, 9.17) is 0 Å². The summed E-state index contributed by atoms with van der Waals surface area (Å²) in [7, 11) is 0. The van der Waals surface area contributed by atoms with E-state index in [1.807, 2.05) is 43.3 Å². The SMILES string of the molecule is Cc1ccc(Sc2nc3ccccc3n3c(=O)[nH]nc23)cc1. The van der Waals surface area contributed by atoms with E-state index in [1.165, 1.54) is 17.3 Å². The molecule has 2 aromatic heterocycles. The maximum Gasteiger partial charge on any atom is 0.348 e. The Balaban J connectivity index is 1.96. The highest BCUT2D eigenvalue weighted by Crippen LogP contribution is 2.30. The zero-order valence-corrected chi connectivity index (χ0v) is 12.6. The number of para-hydroxylation sites is 2. The number of hydrogen-bond acceptors (Lipinski definition) is 4. The van der Waals surface area contributed by atoms with Crippen molar-refractivity contribution in [2.45, 2.75) is 16.8 Å². The van der Waals surface area contributed by atoms with Gasteiger partial charge in [-0.1, -0.05) is 41.6 Å². The largest absolute Gasteiger partial charge is 0.348 e. The lowest BCUT2D eigenvalue weighted by Gasteiger charge is -2.06. The first-order valence-electron chi connectivity index (χ1n) is 6.83. The lowest BCUT2D eigenvalue weighted by atomic mass is 10.2. The van der Waals surface area contributed by atoms with Crippen LogP contribution in [-0.2, 0) is 0 Å². The van der Waals surface area contributed by atoms with Crippen LogP contribution in [0.5, 0.6) is 0 Å². The zero-order valence-electron chi connectivity index (χ0n) is 11.8. The van der Waals surface area contributed by atoms with E-state index in [9.17, 15) is 4.79 Å². The van der Waals surface area contributed by atoms with Crippen LogP contribution < -0.4 is 5.69 Å². The molecule has 4 aromatic rings. The minimum absolute atomic E-state index is 0.251. The Labute approximate surface area is 130 Å². The molecule has 108 valence electrons. The fraction of sp³-hybridized carbons (Fsp3) is 0.0625. The maximum absolute atomic E-state index is 12.0. The number of rotatable bonds is 2. The molecule has 0 saturated carbocycles. The Morgan fingerprint density at radius 1 is 1.09 bits per heavy atom. The number of hydrogen-bond donors (Lipinski definition) is 1. The number of benzene rings is 2. The molecule has 0 atom stereocenters. The highest BCUT2D eigenvalue weighted by Gasteiger charge is 2.13. The minimum atomic E-state index is -0.251. The molecule has 1 N–H and O–H groups in total. The van der Waals surface area contributed by atoms with E-state index < -0.39 is 0 Å². The van der Waals surface area contributed by atoms with Crippen molar-refractivity contribution in [3.63, 3.8) is 0 Å². The van der Waals surface area contributed by atoms with Gasteiger partial charge in [0.05, 0.1) is 11.0 Å². The van der Waals surface area contributed by atoms with Gasteiger partial charge in [-0.15, -0.1) is 5.10 Å². The maximum atomic E-state index is 12.0. The first kappa shape index (κ1) is 13.1. The quantitative estimate of drug-likeness (QED) is 0.618. The zero-order chi connectivity index (χ0) is 15.1. The summed E-state index contributed by atoms with van der Waals surface area (Å²) in [5.41, 5.74) is 3.03. The third-order valence-corrected chi connectivity index (χ3v) is 4.42. The molecule has 0 bridgehead atoms. The summed E-state index contributed by atoms with van der Waals surface area (Å²) < 4.78 is 1.57. The summed E-state index contributed by atoms with van der Waals surface area (Å²) in [5.74, 6) is 0. The van der Waals surface area contributed by atoms with Gasteiger partial charge in [0, 0.05) is 4.90 Å². The minimum Gasteiger partial charge on any atom is -0.246 e. The van der Waals surface area contributed by atoms with E-state index >= 15 is 0 Å². The average Bonchev–Trinajstić information content (AvgIpc) is 2.92. The van der Waals surface area contributed by atoms with Gasteiger partial charge in [-0.2, -0.15) is 0 Å². The topological polar surface area (TPSA) is 63.1 Å². The molecular formula is C16H12N4OS. The van der Waals surface area contributed by atoms with Gasteiger partial charge in [0.15, 0.2) is 5.65 Å². The molecule has 0 saturated heterocycles. The van der Waals surface area contributed by atoms with Crippen molar-refractivity contribution in [2.24, 2.45) is 0 Å². The number of aryl methyl sites for hydroxylation is 1. The van der Waals surface area contributed by atoms with Gasteiger partial charge in [-0.3, -0.25) is 0 Å². The Kier molecular flexibility index (Phi) is 2.97. The molecule has 0 aliphatic carbocycles. The lowest BCUT2D eigenvalue weighted by molar-refractivity contribution is 1.04. The van der Waals surface area contributed by atoms with Crippen LogP contribution in [0.25, 0.3) is 16.7 Å². The normalized spacial score (nSPS) is 11.3. The highest BCUT2D eigenvalue weighted by atomic mass is 32.2. The van der Waals surface area contributed by atoms with Crippen LogP contribution in [-0.4, -0.2) is 19.6 Å². The Hall–Kier alpha value is -2.60. The van der Waals surface area contributed by atoms with Crippen LogP contribution in [0.15, 0.2) is 63.2 Å². The molecule has 0 fully saturated rings. The summed E-state index contributed by atoms with van der Waals surface area (Å²) in [6, 6.07) is 15.7. The Bertz CT molecular complexity index is 1030. The predicted octanol–water partition coefficient (Wildman–Crippen LogP) is 3.03. The number of aromatic amines is 1. The molecule has 0 aliphatic rings. The van der Waals surface area contributed by atoms with Crippen LogP contribution in [0.4, 0.5) is 0 Å². The number of aromatic nitrogens is 4. The van der Waals surface area contributed by atoms with Crippen molar-refractivity contribution < 1.29 is 0 Å². The van der Waals surface area contributed by atoms with E-state index in [-0.39, 0.29) is 5.69 Å².